The second kappa shape index (κ2) is 9.18. The van der Waals surface area contributed by atoms with Gasteiger partial charge in [-0.25, -0.2) is 9.59 Å². The van der Waals surface area contributed by atoms with Gasteiger partial charge in [-0.05, 0) is 61.6 Å². The lowest BCUT2D eigenvalue weighted by Crippen LogP contribution is -2.24. The minimum atomic E-state index is -0.527. The second-order valence-corrected chi connectivity index (χ2v) is 10.1. The Morgan fingerprint density at radius 1 is 1.09 bits per heavy atom. The van der Waals surface area contributed by atoms with Crippen molar-refractivity contribution in [3.63, 3.8) is 0 Å². The third-order valence-electron chi connectivity index (χ3n) is 6.61. The number of hydrogen-bond donors (Lipinski definition) is 1. The zero-order chi connectivity index (χ0) is 23.8. The summed E-state index contributed by atoms with van der Waals surface area (Å²) in [5.74, 6) is -1.03. The number of nitrogens with one attached hydrogen (secondary N) is 1. The first-order valence-corrected chi connectivity index (χ1v) is 12.4. The van der Waals surface area contributed by atoms with Gasteiger partial charge in [0.25, 0.3) is 5.91 Å². The number of para-hydroxylation sites is 1. The number of anilines is 1. The highest BCUT2D eigenvalue weighted by Gasteiger charge is 2.29. The quantitative estimate of drug-likeness (QED) is 0.543. The van der Waals surface area contributed by atoms with Gasteiger partial charge >= 0.3 is 11.9 Å². The fourth-order valence-electron chi connectivity index (χ4n) is 4.97. The molecule has 5 rings (SSSR count). The number of rotatable bonds is 5. The van der Waals surface area contributed by atoms with Crippen LogP contribution in [-0.2, 0) is 40.0 Å². The van der Waals surface area contributed by atoms with Crippen LogP contribution in [0, 0.1) is 5.92 Å². The Labute approximate surface area is 201 Å². The number of aromatic nitrogens is 1. The normalized spacial score (nSPS) is 16.6. The lowest BCUT2D eigenvalue weighted by atomic mass is 9.84. The number of nitrogens with zero attached hydrogens (tertiary/aromatic N) is 1. The van der Waals surface area contributed by atoms with Crippen LogP contribution in [0.5, 0.6) is 0 Å². The van der Waals surface area contributed by atoms with E-state index >= 15 is 0 Å². The summed E-state index contributed by atoms with van der Waals surface area (Å²) >= 11 is 1.39. The Kier molecular flexibility index (Phi) is 6.08. The number of thiophene rings is 1. The van der Waals surface area contributed by atoms with Crippen molar-refractivity contribution < 1.29 is 23.9 Å². The molecule has 0 saturated heterocycles. The first-order chi connectivity index (χ1) is 16.5. The first kappa shape index (κ1) is 22.5. The molecule has 1 aromatic carbocycles. The molecule has 1 N–H and O–H groups in total. The summed E-state index contributed by atoms with van der Waals surface area (Å²) in [6.45, 7) is 1.72. The molecule has 0 fully saturated rings. The fourth-order valence-corrected chi connectivity index (χ4v) is 6.27. The number of hydrogen-bond acceptors (Lipinski definition) is 7. The van der Waals surface area contributed by atoms with Crippen LogP contribution in [0.15, 0.2) is 24.3 Å². The van der Waals surface area contributed by atoms with E-state index in [-0.39, 0.29) is 0 Å². The van der Waals surface area contributed by atoms with Crippen LogP contribution in [0.4, 0.5) is 5.00 Å². The summed E-state index contributed by atoms with van der Waals surface area (Å²) in [4.78, 5) is 44.1. The van der Waals surface area contributed by atoms with Crippen LogP contribution in [-0.4, -0.2) is 36.5 Å². The molecule has 0 radical (unpaired) electrons. The molecule has 1 amide bonds. The molecule has 2 aliphatic rings. The molecular formula is C26H26N2O5S. The Bertz CT molecular complexity index is 1310. The zero-order valence-electron chi connectivity index (χ0n) is 19.2. The molecule has 2 heterocycles. The van der Waals surface area contributed by atoms with Gasteiger partial charge in [-0.1, -0.05) is 25.1 Å². The molecule has 0 spiro atoms. The molecule has 1 atom stereocenters. The smallest absolute Gasteiger partial charge is 0.341 e. The van der Waals surface area contributed by atoms with Crippen LogP contribution in [0.1, 0.15) is 62.2 Å². The van der Waals surface area contributed by atoms with Gasteiger partial charge < -0.3 is 14.8 Å². The van der Waals surface area contributed by atoms with Crippen LogP contribution >= 0.6 is 11.3 Å². The van der Waals surface area contributed by atoms with Crippen molar-refractivity contribution >= 4 is 45.1 Å². The van der Waals surface area contributed by atoms with E-state index in [2.05, 4.69) is 12.2 Å². The summed E-state index contributed by atoms with van der Waals surface area (Å²) in [5.41, 5.74) is 4.49. The standard InChI is InChI=1S/C26H26N2O5S/c1-14-10-11-19-17(12-14)22(15-6-3-4-8-18(15)27-19)26(31)33-13-21(29)28-24-23(25(30)32-2)16-7-5-9-20(16)34-24/h3-4,6,8,14H,5,7,9-13H2,1-2H3,(H,28,29)/t14-/m1/s1. The molecule has 7 nitrogen and oxygen atoms in total. The largest absolute Gasteiger partial charge is 0.465 e. The van der Waals surface area contributed by atoms with Gasteiger partial charge in [-0.2, -0.15) is 0 Å². The van der Waals surface area contributed by atoms with Crippen molar-refractivity contribution in [2.24, 2.45) is 5.92 Å². The molecule has 8 heteroatoms. The van der Waals surface area contributed by atoms with E-state index in [1.807, 2.05) is 24.3 Å². The van der Waals surface area contributed by atoms with Crippen molar-refractivity contribution in [3.05, 3.63) is 57.1 Å². The van der Waals surface area contributed by atoms with Gasteiger partial charge in [0.15, 0.2) is 6.61 Å². The molecule has 0 aliphatic heterocycles. The number of methoxy groups -OCH3 is 1. The number of benzene rings is 1. The second-order valence-electron chi connectivity index (χ2n) is 8.95. The Hall–Kier alpha value is -3.26. The van der Waals surface area contributed by atoms with E-state index in [4.69, 9.17) is 14.5 Å². The van der Waals surface area contributed by atoms with Gasteiger partial charge in [0.2, 0.25) is 0 Å². The third kappa shape index (κ3) is 4.07. The molecule has 3 aromatic rings. The lowest BCUT2D eigenvalue weighted by Gasteiger charge is -2.24. The maximum atomic E-state index is 13.2. The zero-order valence-corrected chi connectivity index (χ0v) is 20.0. The van der Waals surface area contributed by atoms with Crippen molar-refractivity contribution in [1.82, 2.24) is 4.98 Å². The number of carbonyl (C=O) groups is 3. The SMILES string of the molecule is COC(=O)c1c(NC(=O)COC(=O)c2c3c(nc4ccccc24)CC[C@@H](C)C3)sc2c1CCC2. The summed E-state index contributed by atoms with van der Waals surface area (Å²) in [6.07, 6.45) is 5.27. The summed E-state index contributed by atoms with van der Waals surface area (Å²) in [5, 5.41) is 3.95. The van der Waals surface area contributed by atoms with E-state index < -0.39 is 24.5 Å². The molecule has 2 aromatic heterocycles. The molecule has 0 saturated carbocycles. The van der Waals surface area contributed by atoms with Gasteiger partial charge in [-0.3, -0.25) is 9.78 Å². The van der Waals surface area contributed by atoms with Crippen LogP contribution in [0.25, 0.3) is 10.9 Å². The predicted molar refractivity (Wildman–Crippen MR) is 130 cm³/mol. The van der Waals surface area contributed by atoms with Gasteiger partial charge in [0.1, 0.15) is 5.00 Å². The van der Waals surface area contributed by atoms with E-state index in [1.165, 1.54) is 18.4 Å². The Morgan fingerprint density at radius 2 is 1.91 bits per heavy atom. The average molecular weight is 479 g/mol. The maximum absolute atomic E-state index is 13.2. The van der Waals surface area contributed by atoms with E-state index in [1.54, 1.807) is 0 Å². The number of fused-ring (bicyclic) bond motifs is 3. The van der Waals surface area contributed by atoms with Gasteiger partial charge in [-0.15, -0.1) is 11.3 Å². The number of esters is 2. The number of amides is 1. The molecular weight excluding hydrogens is 452 g/mol. The maximum Gasteiger partial charge on any atom is 0.341 e. The summed E-state index contributed by atoms with van der Waals surface area (Å²) in [6, 6.07) is 7.53. The van der Waals surface area contributed by atoms with Crippen LogP contribution in [0.2, 0.25) is 0 Å². The third-order valence-corrected chi connectivity index (χ3v) is 7.81. The molecule has 0 bridgehead atoms. The predicted octanol–water partition coefficient (Wildman–Crippen LogP) is 4.49. The number of aryl methyl sites for hydroxylation is 2. The van der Waals surface area contributed by atoms with Crippen LogP contribution < -0.4 is 5.32 Å². The fraction of sp³-hybridized carbons (Fsp3) is 0.385. The number of pyridine rings is 1. The van der Waals surface area contributed by atoms with Crippen LogP contribution in [0.3, 0.4) is 0 Å². The number of carbonyl (C=O) groups excluding carboxylic acids is 3. The minimum Gasteiger partial charge on any atom is -0.465 e. The monoisotopic (exact) mass is 478 g/mol. The van der Waals surface area contributed by atoms with Crippen molar-refractivity contribution in [2.75, 3.05) is 19.0 Å². The molecule has 176 valence electrons. The highest BCUT2D eigenvalue weighted by Crippen LogP contribution is 2.39. The minimum absolute atomic E-state index is 0.419. The van der Waals surface area contributed by atoms with E-state index in [0.29, 0.717) is 22.0 Å². The average Bonchev–Trinajstić information content (AvgIpc) is 3.41. The van der Waals surface area contributed by atoms with Gasteiger partial charge in [0.05, 0.1) is 23.8 Å². The molecule has 2 aliphatic carbocycles. The Morgan fingerprint density at radius 3 is 2.74 bits per heavy atom. The summed E-state index contributed by atoms with van der Waals surface area (Å²) in [7, 11) is 1.33. The highest BCUT2D eigenvalue weighted by molar-refractivity contribution is 7.17. The van der Waals surface area contributed by atoms with Crippen molar-refractivity contribution in [1.29, 1.82) is 0 Å². The van der Waals surface area contributed by atoms with Crippen molar-refractivity contribution in [2.45, 2.75) is 45.4 Å². The summed E-state index contributed by atoms with van der Waals surface area (Å²) < 4.78 is 10.4. The molecule has 34 heavy (non-hydrogen) atoms. The number of ether oxygens (including phenoxy) is 2. The lowest BCUT2D eigenvalue weighted by molar-refractivity contribution is -0.119. The van der Waals surface area contributed by atoms with E-state index in [0.717, 1.165) is 71.1 Å². The Balaban J connectivity index is 1.36. The first-order valence-electron chi connectivity index (χ1n) is 11.6. The molecule has 0 unspecified atom stereocenters. The topological polar surface area (TPSA) is 94.6 Å². The van der Waals surface area contributed by atoms with E-state index in [9.17, 15) is 14.4 Å². The van der Waals surface area contributed by atoms with Gasteiger partial charge in [0, 0.05) is 16.0 Å². The highest BCUT2D eigenvalue weighted by atomic mass is 32.1. The van der Waals surface area contributed by atoms with Crippen molar-refractivity contribution in [3.8, 4) is 0 Å².